The lowest BCUT2D eigenvalue weighted by atomic mass is 10.1. The zero-order valence-electron chi connectivity index (χ0n) is 8.80. The fourth-order valence-electron chi connectivity index (χ4n) is 1.44. The topological polar surface area (TPSA) is 65.0 Å². The SMILES string of the molecule is CCOC(=O)C(O)c1ccc2c(c1)OCO2. The first kappa shape index (κ1) is 10.8. The smallest absolute Gasteiger partial charge is 0.339 e. The second-order valence-corrected chi connectivity index (χ2v) is 3.27. The molecule has 1 aliphatic heterocycles. The molecular formula is C11H12O5. The summed E-state index contributed by atoms with van der Waals surface area (Å²) >= 11 is 0. The number of carbonyl (C=O) groups excluding carboxylic acids is 1. The molecule has 0 aromatic heterocycles. The van der Waals surface area contributed by atoms with E-state index in [0.717, 1.165) is 0 Å². The number of rotatable bonds is 3. The van der Waals surface area contributed by atoms with Crippen LogP contribution >= 0.6 is 0 Å². The Labute approximate surface area is 92.5 Å². The van der Waals surface area contributed by atoms with E-state index in [0.29, 0.717) is 17.1 Å². The maximum atomic E-state index is 11.3. The molecule has 5 heteroatoms. The Morgan fingerprint density at radius 2 is 2.25 bits per heavy atom. The van der Waals surface area contributed by atoms with Crippen LogP contribution in [0.5, 0.6) is 11.5 Å². The number of ether oxygens (including phenoxy) is 3. The third kappa shape index (κ3) is 1.94. The monoisotopic (exact) mass is 224 g/mol. The van der Waals surface area contributed by atoms with Gasteiger partial charge in [-0.3, -0.25) is 0 Å². The van der Waals surface area contributed by atoms with Gasteiger partial charge in [-0.05, 0) is 24.6 Å². The zero-order chi connectivity index (χ0) is 11.5. The molecule has 0 radical (unpaired) electrons. The van der Waals surface area contributed by atoms with Gasteiger partial charge in [0, 0.05) is 0 Å². The second-order valence-electron chi connectivity index (χ2n) is 3.27. The fraction of sp³-hybridized carbons (Fsp3) is 0.364. The molecule has 16 heavy (non-hydrogen) atoms. The van der Waals surface area contributed by atoms with Gasteiger partial charge in [0.2, 0.25) is 6.79 Å². The van der Waals surface area contributed by atoms with Gasteiger partial charge in [0.1, 0.15) is 0 Å². The lowest BCUT2D eigenvalue weighted by Gasteiger charge is -2.10. The van der Waals surface area contributed by atoms with Crippen LogP contribution in [0.3, 0.4) is 0 Å². The van der Waals surface area contributed by atoms with Crippen molar-refractivity contribution in [3.05, 3.63) is 23.8 Å². The number of hydrogen-bond acceptors (Lipinski definition) is 5. The third-order valence-electron chi connectivity index (χ3n) is 2.22. The summed E-state index contributed by atoms with van der Waals surface area (Å²) in [4.78, 5) is 11.3. The van der Waals surface area contributed by atoms with Crippen molar-refractivity contribution >= 4 is 5.97 Å². The molecule has 0 saturated carbocycles. The van der Waals surface area contributed by atoms with Gasteiger partial charge in [0.25, 0.3) is 0 Å². The summed E-state index contributed by atoms with van der Waals surface area (Å²) in [6, 6.07) is 4.83. The molecule has 0 fully saturated rings. The molecule has 1 aromatic carbocycles. The summed E-state index contributed by atoms with van der Waals surface area (Å²) in [6.45, 7) is 2.08. The molecule has 86 valence electrons. The first-order chi connectivity index (χ1) is 7.72. The van der Waals surface area contributed by atoms with Gasteiger partial charge in [-0.2, -0.15) is 0 Å². The number of esters is 1. The highest BCUT2D eigenvalue weighted by Gasteiger charge is 2.22. The summed E-state index contributed by atoms with van der Waals surface area (Å²) in [5, 5.41) is 9.68. The van der Waals surface area contributed by atoms with Gasteiger partial charge in [-0.15, -0.1) is 0 Å². The van der Waals surface area contributed by atoms with Crippen LogP contribution in [0.4, 0.5) is 0 Å². The molecule has 1 N–H and O–H groups in total. The van der Waals surface area contributed by atoms with E-state index in [-0.39, 0.29) is 13.4 Å². The Hall–Kier alpha value is -1.75. The van der Waals surface area contributed by atoms with Gasteiger partial charge < -0.3 is 19.3 Å². The average molecular weight is 224 g/mol. The van der Waals surface area contributed by atoms with E-state index in [1.807, 2.05) is 0 Å². The molecule has 1 aliphatic rings. The molecular weight excluding hydrogens is 212 g/mol. The maximum absolute atomic E-state index is 11.3. The molecule has 0 aliphatic carbocycles. The highest BCUT2D eigenvalue weighted by molar-refractivity contribution is 5.76. The van der Waals surface area contributed by atoms with Crippen LogP contribution in [0.25, 0.3) is 0 Å². The predicted octanol–water partition coefficient (Wildman–Crippen LogP) is 1.01. The molecule has 0 bridgehead atoms. The van der Waals surface area contributed by atoms with E-state index in [1.165, 1.54) is 0 Å². The lowest BCUT2D eigenvalue weighted by Crippen LogP contribution is -2.15. The molecule has 1 heterocycles. The molecule has 0 amide bonds. The van der Waals surface area contributed by atoms with Gasteiger partial charge in [0.15, 0.2) is 17.6 Å². The molecule has 1 aromatic rings. The minimum atomic E-state index is -1.28. The largest absolute Gasteiger partial charge is 0.464 e. The van der Waals surface area contributed by atoms with Crippen LogP contribution in [0.2, 0.25) is 0 Å². The summed E-state index contributed by atoms with van der Waals surface area (Å²) in [5.41, 5.74) is 0.433. The molecule has 1 unspecified atom stereocenters. The van der Waals surface area contributed by atoms with E-state index in [2.05, 4.69) is 0 Å². The van der Waals surface area contributed by atoms with Crippen molar-refractivity contribution in [1.82, 2.24) is 0 Å². The van der Waals surface area contributed by atoms with Gasteiger partial charge in [0.05, 0.1) is 6.61 Å². The minimum absolute atomic E-state index is 0.161. The predicted molar refractivity (Wildman–Crippen MR) is 54.2 cm³/mol. The van der Waals surface area contributed by atoms with Gasteiger partial charge in [-0.25, -0.2) is 4.79 Å². The number of benzene rings is 1. The third-order valence-corrected chi connectivity index (χ3v) is 2.22. The summed E-state index contributed by atoms with van der Waals surface area (Å²) in [5.74, 6) is 0.474. The average Bonchev–Trinajstić information content (AvgIpc) is 2.75. The first-order valence-corrected chi connectivity index (χ1v) is 4.96. The first-order valence-electron chi connectivity index (χ1n) is 4.96. The number of fused-ring (bicyclic) bond motifs is 1. The van der Waals surface area contributed by atoms with E-state index >= 15 is 0 Å². The van der Waals surface area contributed by atoms with E-state index in [1.54, 1.807) is 25.1 Å². The van der Waals surface area contributed by atoms with Crippen LogP contribution in [0.1, 0.15) is 18.6 Å². The molecule has 0 spiro atoms. The summed E-state index contributed by atoms with van der Waals surface area (Å²) in [7, 11) is 0. The maximum Gasteiger partial charge on any atom is 0.339 e. The Morgan fingerprint density at radius 1 is 1.50 bits per heavy atom. The van der Waals surface area contributed by atoms with Crippen molar-refractivity contribution in [3.63, 3.8) is 0 Å². The minimum Gasteiger partial charge on any atom is -0.464 e. The number of hydrogen-bond donors (Lipinski definition) is 1. The lowest BCUT2D eigenvalue weighted by molar-refractivity contribution is -0.153. The van der Waals surface area contributed by atoms with E-state index < -0.39 is 12.1 Å². The van der Waals surface area contributed by atoms with Crippen LogP contribution in [0, 0.1) is 0 Å². The van der Waals surface area contributed by atoms with Crippen molar-refractivity contribution < 1.29 is 24.1 Å². The van der Waals surface area contributed by atoms with Crippen LogP contribution in [-0.2, 0) is 9.53 Å². The number of aliphatic hydroxyl groups excluding tert-OH is 1. The second kappa shape index (κ2) is 4.40. The summed E-state index contributed by atoms with van der Waals surface area (Å²) in [6.07, 6.45) is -1.28. The molecule has 5 nitrogen and oxygen atoms in total. The molecule has 2 rings (SSSR count). The molecule has 1 atom stereocenters. The highest BCUT2D eigenvalue weighted by Crippen LogP contribution is 2.34. The fourth-order valence-corrected chi connectivity index (χ4v) is 1.44. The number of aliphatic hydroxyl groups is 1. The highest BCUT2D eigenvalue weighted by atomic mass is 16.7. The van der Waals surface area contributed by atoms with Crippen molar-refractivity contribution in [3.8, 4) is 11.5 Å². The van der Waals surface area contributed by atoms with Crippen molar-refractivity contribution in [2.75, 3.05) is 13.4 Å². The van der Waals surface area contributed by atoms with Crippen molar-refractivity contribution in [2.24, 2.45) is 0 Å². The van der Waals surface area contributed by atoms with Crippen molar-refractivity contribution in [1.29, 1.82) is 0 Å². The zero-order valence-corrected chi connectivity index (χ0v) is 8.80. The Balaban J connectivity index is 2.18. The Morgan fingerprint density at radius 3 is 3.00 bits per heavy atom. The normalized spacial score (nSPS) is 14.6. The van der Waals surface area contributed by atoms with E-state index in [4.69, 9.17) is 14.2 Å². The molecule has 0 saturated heterocycles. The quantitative estimate of drug-likeness (QED) is 0.776. The standard InChI is InChI=1S/C11H12O5/c1-2-14-11(13)10(12)7-3-4-8-9(5-7)16-6-15-8/h3-5,10,12H,2,6H2,1H3. The van der Waals surface area contributed by atoms with Crippen molar-refractivity contribution in [2.45, 2.75) is 13.0 Å². The van der Waals surface area contributed by atoms with E-state index in [9.17, 15) is 9.90 Å². The van der Waals surface area contributed by atoms with Crippen LogP contribution < -0.4 is 9.47 Å². The van der Waals surface area contributed by atoms with Crippen LogP contribution in [0.15, 0.2) is 18.2 Å². The Kier molecular flexibility index (Phi) is 2.96. The number of carbonyl (C=O) groups is 1. The van der Waals surface area contributed by atoms with Gasteiger partial charge >= 0.3 is 5.97 Å². The Bertz CT molecular complexity index is 401. The summed E-state index contributed by atoms with van der Waals surface area (Å²) < 4.78 is 15.0. The van der Waals surface area contributed by atoms with Gasteiger partial charge in [-0.1, -0.05) is 6.07 Å². The van der Waals surface area contributed by atoms with Crippen LogP contribution in [-0.4, -0.2) is 24.5 Å².